The molecule has 0 radical (unpaired) electrons. The molecule has 5 nitrogen and oxygen atoms in total. The van der Waals surface area contributed by atoms with Gasteiger partial charge in [0.15, 0.2) is 5.11 Å². The number of rotatable bonds is 4. The molecule has 1 unspecified atom stereocenters. The fourth-order valence-corrected chi connectivity index (χ4v) is 4.73. The zero-order valence-corrected chi connectivity index (χ0v) is 20.8. The van der Waals surface area contributed by atoms with Gasteiger partial charge in [0.05, 0.1) is 11.6 Å². The lowest BCUT2D eigenvalue weighted by Gasteiger charge is -2.37. The fourth-order valence-electron chi connectivity index (χ4n) is 4.37. The third kappa shape index (κ3) is 4.35. The van der Waals surface area contributed by atoms with Crippen LogP contribution in [-0.2, 0) is 0 Å². The summed E-state index contributed by atoms with van der Waals surface area (Å²) in [4.78, 5) is 6.66. The number of nitrogens with one attached hydrogen (secondary N) is 1. The summed E-state index contributed by atoms with van der Waals surface area (Å²) in [5, 5.41) is 8.25. The maximum Gasteiger partial charge on any atom is 0.258 e. The third-order valence-electron chi connectivity index (χ3n) is 6.35. The lowest BCUT2D eigenvalue weighted by atomic mass is 9.92. The van der Waals surface area contributed by atoms with E-state index in [9.17, 15) is 4.39 Å². The molecule has 7 heteroatoms. The highest BCUT2D eigenvalue weighted by Crippen LogP contribution is 2.39. The minimum absolute atomic E-state index is 0.288. The Morgan fingerprint density at radius 1 is 0.943 bits per heavy atom. The Balaban J connectivity index is 1.68. The van der Waals surface area contributed by atoms with Crippen molar-refractivity contribution >= 4 is 28.6 Å². The molecule has 0 saturated heterocycles. The number of benzene rings is 3. The van der Waals surface area contributed by atoms with Gasteiger partial charge in [-0.1, -0.05) is 47.6 Å². The molecule has 2 heterocycles. The van der Waals surface area contributed by atoms with Crippen molar-refractivity contribution in [2.45, 2.75) is 33.7 Å². The third-order valence-corrected chi connectivity index (χ3v) is 6.65. The van der Waals surface area contributed by atoms with Gasteiger partial charge in [0.1, 0.15) is 5.82 Å². The summed E-state index contributed by atoms with van der Waals surface area (Å²) in [6.07, 6.45) is 0. The Bertz CT molecular complexity index is 1480. The van der Waals surface area contributed by atoms with E-state index in [1.807, 2.05) is 36.9 Å². The summed E-state index contributed by atoms with van der Waals surface area (Å²) in [5.74, 6) is 0.332. The molecular weight excluding hydrogens is 459 g/mol. The Morgan fingerprint density at radius 3 is 2.49 bits per heavy atom. The van der Waals surface area contributed by atoms with Crippen molar-refractivity contribution in [1.29, 1.82) is 0 Å². The van der Waals surface area contributed by atoms with E-state index in [1.54, 1.807) is 12.1 Å². The zero-order chi connectivity index (χ0) is 24.7. The van der Waals surface area contributed by atoms with Crippen LogP contribution in [0.2, 0.25) is 0 Å². The van der Waals surface area contributed by atoms with Crippen molar-refractivity contribution in [2.75, 3.05) is 4.90 Å². The van der Waals surface area contributed by atoms with Crippen LogP contribution < -0.4 is 10.2 Å². The number of thiocarbonyl (C=S) groups is 1. The van der Waals surface area contributed by atoms with Crippen molar-refractivity contribution < 1.29 is 8.91 Å². The van der Waals surface area contributed by atoms with E-state index >= 15 is 0 Å². The summed E-state index contributed by atoms with van der Waals surface area (Å²) in [6.45, 7) is 8.22. The van der Waals surface area contributed by atoms with Gasteiger partial charge in [-0.15, -0.1) is 0 Å². The summed E-state index contributed by atoms with van der Waals surface area (Å²) in [6, 6.07) is 20.4. The van der Waals surface area contributed by atoms with Crippen molar-refractivity contribution in [3.05, 3.63) is 106 Å². The predicted octanol–water partition coefficient (Wildman–Crippen LogP) is 6.67. The highest BCUT2D eigenvalue weighted by Gasteiger charge is 2.35. The molecule has 5 rings (SSSR count). The van der Waals surface area contributed by atoms with Crippen LogP contribution in [0.5, 0.6) is 0 Å². The zero-order valence-electron chi connectivity index (χ0n) is 20.0. The van der Waals surface area contributed by atoms with E-state index in [-0.39, 0.29) is 11.9 Å². The maximum atomic E-state index is 13.8. The topological polar surface area (TPSA) is 54.2 Å². The van der Waals surface area contributed by atoms with Crippen molar-refractivity contribution in [3.8, 4) is 11.4 Å². The molecule has 1 N–H and O–H groups in total. The number of aryl methyl sites for hydroxylation is 3. The minimum Gasteiger partial charge on any atom is -0.351 e. The van der Waals surface area contributed by atoms with Crippen LogP contribution in [-0.4, -0.2) is 15.3 Å². The predicted molar refractivity (Wildman–Crippen MR) is 140 cm³/mol. The van der Waals surface area contributed by atoms with Gasteiger partial charge in [0.25, 0.3) is 5.89 Å². The van der Waals surface area contributed by atoms with Crippen LogP contribution in [0.15, 0.2) is 77.0 Å². The monoisotopic (exact) mass is 484 g/mol. The van der Waals surface area contributed by atoms with E-state index in [4.69, 9.17) is 16.7 Å². The number of allylic oxidation sites excluding steroid dienone is 1. The number of hydrogen-bond acceptors (Lipinski definition) is 4. The number of halogens is 1. The summed E-state index contributed by atoms with van der Waals surface area (Å²) < 4.78 is 19.6. The molecular formula is C28H25FN4OS. The van der Waals surface area contributed by atoms with Gasteiger partial charge in [-0.05, 0) is 86.4 Å². The number of anilines is 1. The SMILES string of the molecule is CC1=C(c2nc(-c3cccc(F)c3)no2)C(c2ccc(C)c(C)c2)NC(=S)N1c1cccc(C)c1. The van der Waals surface area contributed by atoms with Gasteiger partial charge in [-0.25, -0.2) is 4.39 Å². The van der Waals surface area contributed by atoms with Gasteiger partial charge in [0.2, 0.25) is 5.82 Å². The van der Waals surface area contributed by atoms with E-state index in [0.29, 0.717) is 22.4 Å². The molecule has 0 bridgehead atoms. The van der Waals surface area contributed by atoms with Crippen LogP contribution in [0.1, 0.15) is 41.1 Å². The van der Waals surface area contributed by atoms with Crippen molar-refractivity contribution in [1.82, 2.24) is 15.5 Å². The van der Waals surface area contributed by atoms with Gasteiger partial charge in [-0.3, -0.25) is 4.90 Å². The molecule has 1 aromatic heterocycles. The van der Waals surface area contributed by atoms with Gasteiger partial charge < -0.3 is 9.84 Å². The second-order valence-corrected chi connectivity index (χ2v) is 9.22. The molecule has 4 aromatic rings. The molecule has 0 spiro atoms. The largest absolute Gasteiger partial charge is 0.351 e. The van der Waals surface area contributed by atoms with Crippen LogP contribution in [0, 0.1) is 26.6 Å². The Morgan fingerprint density at radius 2 is 1.74 bits per heavy atom. The molecule has 3 aromatic carbocycles. The first-order valence-corrected chi connectivity index (χ1v) is 11.8. The van der Waals surface area contributed by atoms with E-state index < -0.39 is 0 Å². The highest BCUT2D eigenvalue weighted by atomic mass is 32.1. The molecule has 1 aliphatic rings. The maximum absolute atomic E-state index is 13.8. The summed E-state index contributed by atoms with van der Waals surface area (Å²) in [7, 11) is 0. The molecule has 35 heavy (non-hydrogen) atoms. The lowest BCUT2D eigenvalue weighted by Crippen LogP contribution is -2.46. The van der Waals surface area contributed by atoms with Gasteiger partial charge in [-0.2, -0.15) is 4.98 Å². The molecule has 176 valence electrons. The summed E-state index contributed by atoms with van der Waals surface area (Å²) >= 11 is 5.84. The molecule has 1 aliphatic heterocycles. The molecule has 0 amide bonds. The Kier molecular flexibility index (Phi) is 5.94. The van der Waals surface area contributed by atoms with Crippen LogP contribution >= 0.6 is 12.2 Å². The first-order valence-electron chi connectivity index (χ1n) is 11.4. The minimum atomic E-state index is -0.354. The number of aromatic nitrogens is 2. The van der Waals surface area contributed by atoms with Crippen molar-refractivity contribution in [3.63, 3.8) is 0 Å². The molecule has 0 fully saturated rings. The molecule has 0 saturated carbocycles. The van der Waals surface area contributed by atoms with E-state index in [1.165, 1.54) is 23.3 Å². The lowest BCUT2D eigenvalue weighted by molar-refractivity contribution is 0.404. The average molecular weight is 485 g/mol. The molecule has 0 aliphatic carbocycles. The van der Waals surface area contributed by atoms with Crippen LogP contribution in [0.4, 0.5) is 10.1 Å². The smallest absolute Gasteiger partial charge is 0.258 e. The van der Waals surface area contributed by atoms with Crippen LogP contribution in [0.25, 0.3) is 17.0 Å². The van der Waals surface area contributed by atoms with Crippen LogP contribution in [0.3, 0.4) is 0 Å². The second kappa shape index (κ2) is 9.07. The van der Waals surface area contributed by atoms with E-state index in [2.05, 4.69) is 53.6 Å². The van der Waals surface area contributed by atoms with E-state index in [0.717, 1.165) is 28.1 Å². The van der Waals surface area contributed by atoms with Crippen molar-refractivity contribution in [2.24, 2.45) is 0 Å². The highest BCUT2D eigenvalue weighted by molar-refractivity contribution is 7.80. The quantitative estimate of drug-likeness (QED) is 0.327. The Labute approximate surface area is 209 Å². The standard InChI is InChI=1S/C28H25FN4OS/c1-16-7-5-10-23(13-16)33-19(4)24(25(30-28(33)35)20-12-11-17(2)18(3)14-20)27-31-26(32-34-27)21-8-6-9-22(29)15-21/h5-15,25H,1-4H3,(H,30,35). The first kappa shape index (κ1) is 22.9. The average Bonchev–Trinajstić information content (AvgIpc) is 3.30. The fraction of sp³-hybridized carbons (Fsp3) is 0.179. The first-order chi connectivity index (χ1) is 16.8. The normalized spacial score (nSPS) is 16.0. The summed E-state index contributed by atoms with van der Waals surface area (Å²) in [5.41, 5.74) is 7.76. The van der Waals surface area contributed by atoms with Gasteiger partial charge >= 0.3 is 0 Å². The number of nitrogens with zero attached hydrogens (tertiary/aromatic N) is 3. The number of hydrogen-bond donors (Lipinski definition) is 1. The molecule has 1 atom stereocenters. The Hall–Kier alpha value is -3.84. The van der Waals surface area contributed by atoms with Gasteiger partial charge in [0, 0.05) is 16.9 Å². The second-order valence-electron chi connectivity index (χ2n) is 8.83.